The lowest BCUT2D eigenvalue weighted by atomic mass is 9.88. The fraction of sp³-hybridized carbons (Fsp3) is 0.562. The van der Waals surface area contributed by atoms with Crippen LogP contribution in [0.4, 0.5) is 0 Å². The normalized spacial score (nSPS) is 16.4. The van der Waals surface area contributed by atoms with Gasteiger partial charge in [-0.3, -0.25) is 0 Å². The number of hydrogen-bond donors (Lipinski definition) is 0. The molecule has 3 rings (SSSR count). The van der Waals surface area contributed by atoms with Crippen LogP contribution >= 0.6 is 0 Å². The maximum absolute atomic E-state index is 8.88. The predicted molar refractivity (Wildman–Crippen MR) is 78.3 cm³/mol. The molecule has 2 aromatic rings. The van der Waals surface area contributed by atoms with Crippen molar-refractivity contribution in [3.63, 3.8) is 0 Å². The van der Waals surface area contributed by atoms with Crippen molar-refractivity contribution in [3.8, 4) is 6.07 Å². The van der Waals surface area contributed by atoms with Crippen molar-refractivity contribution in [3.05, 3.63) is 23.7 Å². The highest BCUT2D eigenvalue weighted by molar-refractivity contribution is 5.72. The average Bonchev–Trinajstić information content (AvgIpc) is 2.83. The van der Waals surface area contributed by atoms with Gasteiger partial charge in [-0.1, -0.05) is 19.3 Å². The Morgan fingerprint density at radius 3 is 2.90 bits per heavy atom. The molecule has 1 aliphatic rings. The molecule has 0 spiro atoms. The van der Waals surface area contributed by atoms with Gasteiger partial charge >= 0.3 is 0 Å². The van der Waals surface area contributed by atoms with Crippen LogP contribution in [-0.2, 0) is 6.54 Å². The molecule has 1 fully saturated rings. The molecule has 0 aliphatic heterocycles. The maximum Gasteiger partial charge on any atom is 0.160 e. The summed E-state index contributed by atoms with van der Waals surface area (Å²) in [7, 11) is 0. The van der Waals surface area contributed by atoms with Crippen LogP contribution in [0.25, 0.3) is 11.2 Å². The summed E-state index contributed by atoms with van der Waals surface area (Å²) in [5.41, 5.74) is 3.05. The minimum absolute atomic E-state index is 0.515. The van der Waals surface area contributed by atoms with Crippen molar-refractivity contribution in [2.24, 2.45) is 0 Å². The van der Waals surface area contributed by atoms with Gasteiger partial charge in [0.2, 0.25) is 0 Å². The highest BCUT2D eigenvalue weighted by atomic mass is 15.1. The van der Waals surface area contributed by atoms with E-state index in [9.17, 15) is 0 Å². The predicted octanol–water partition coefficient (Wildman–Crippen LogP) is 3.70. The number of hydrogen-bond acceptors (Lipinski definition) is 3. The quantitative estimate of drug-likeness (QED) is 0.852. The second-order valence-electron chi connectivity index (χ2n) is 5.72. The number of aromatic nitrogens is 3. The number of imidazole rings is 1. The largest absolute Gasteiger partial charge is 0.311 e. The van der Waals surface area contributed by atoms with Crippen molar-refractivity contribution >= 4 is 11.2 Å². The van der Waals surface area contributed by atoms with Crippen molar-refractivity contribution < 1.29 is 0 Å². The first-order valence-electron chi connectivity index (χ1n) is 7.49. The van der Waals surface area contributed by atoms with Crippen molar-refractivity contribution in [2.45, 2.75) is 57.9 Å². The minimum Gasteiger partial charge on any atom is -0.311 e. The van der Waals surface area contributed by atoms with E-state index in [0.29, 0.717) is 18.9 Å². The Labute approximate surface area is 119 Å². The Hall–Kier alpha value is -1.89. The molecule has 0 amide bonds. The Balaban J connectivity index is 2.06. The summed E-state index contributed by atoms with van der Waals surface area (Å²) in [4.78, 5) is 9.38. The summed E-state index contributed by atoms with van der Waals surface area (Å²) in [5.74, 6) is 1.69. The molecule has 2 heterocycles. The number of rotatable bonds is 3. The molecule has 1 saturated carbocycles. The third-order valence-electron chi connectivity index (χ3n) is 4.17. The zero-order valence-electron chi connectivity index (χ0n) is 12.0. The first kappa shape index (κ1) is 13.1. The monoisotopic (exact) mass is 268 g/mol. The smallest absolute Gasteiger partial charge is 0.160 e. The first-order valence-corrected chi connectivity index (χ1v) is 7.49. The van der Waals surface area contributed by atoms with Gasteiger partial charge in [0.15, 0.2) is 5.65 Å². The van der Waals surface area contributed by atoms with E-state index < -0.39 is 0 Å². The summed E-state index contributed by atoms with van der Waals surface area (Å²) in [6.45, 7) is 2.75. The van der Waals surface area contributed by atoms with E-state index in [1.165, 1.54) is 32.1 Å². The number of aryl methyl sites for hydroxylation is 2. The highest BCUT2D eigenvalue weighted by Gasteiger charge is 2.22. The van der Waals surface area contributed by atoms with Gasteiger partial charge in [-0.15, -0.1) is 0 Å². The van der Waals surface area contributed by atoms with Crippen LogP contribution in [0.15, 0.2) is 12.3 Å². The molecule has 20 heavy (non-hydrogen) atoms. The molecule has 0 unspecified atom stereocenters. The lowest BCUT2D eigenvalue weighted by Gasteiger charge is -2.21. The Kier molecular flexibility index (Phi) is 3.68. The third-order valence-corrected chi connectivity index (χ3v) is 4.17. The summed E-state index contributed by atoms with van der Waals surface area (Å²) in [6.07, 6.45) is 8.76. The fourth-order valence-corrected chi connectivity index (χ4v) is 3.18. The summed E-state index contributed by atoms with van der Waals surface area (Å²) >= 11 is 0. The van der Waals surface area contributed by atoms with Crippen LogP contribution in [0.5, 0.6) is 0 Å². The van der Waals surface area contributed by atoms with Gasteiger partial charge in [-0.2, -0.15) is 5.26 Å². The van der Waals surface area contributed by atoms with E-state index in [2.05, 4.69) is 21.7 Å². The topological polar surface area (TPSA) is 54.5 Å². The van der Waals surface area contributed by atoms with Crippen LogP contribution in [0, 0.1) is 18.3 Å². The summed E-state index contributed by atoms with van der Waals surface area (Å²) < 4.78 is 2.17. The molecule has 4 nitrogen and oxygen atoms in total. The Morgan fingerprint density at radius 1 is 1.35 bits per heavy atom. The lowest BCUT2D eigenvalue weighted by molar-refractivity contribution is 0.417. The van der Waals surface area contributed by atoms with Crippen LogP contribution < -0.4 is 0 Å². The van der Waals surface area contributed by atoms with Gasteiger partial charge in [-0.05, 0) is 31.4 Å². The van der Waals surface area contributed by atoms with E-state index in [1.807, 2.05) is 13.1 Å². The second kappa shape index (κ2) is 5.62. The van der Waals surface area contributed by atoms with Gasteiger partial charge in [0.1, 0.15) is 11.3 Å². The van der Waals surface area contributed by atoms with Crippen LogP contribution in [0.2, 0.25) is 0 Å². The van der Waals surface area contributed by atoms with Gasteiger partial charge in [0, 0.05) is 18.7 Å². The van der Waals surface area contributed by atoms with Crippen LogP contribution in [-0.4, -0.2) is 14.5 Å². The van der Waals surface area contributed by atoms with Crippen LogP contribution in [0.1, 0.15) is 55.8 Å². The maximum atomic E-state index is 8.88. The standard InChI is InChI=1S/C16H20N4/c1-12-10-14-16(18-11-12)20(9-5-8-17)15(19-14)13-6-3-2-4-7-13/h10-11,13H,2-7,9H2,1H3. The zero-order valence-corrected chi connectivity index (χ0v) is 12.0. The molecular formula is C16H20N4. The van der Waals surface area contributed by atoms with Crippen molar-refractivity contribution in [2.75, 3.05) is 0 Å². The molecule has 0 radical (unpaired) electrons. The number of fused-ring (bicyclic) bond motifs is 1. The van der Waals surface area contributed by atoms with E-state index in [0.717, 1.165) is 22.6 Å². The minimum atomic E-state index is 0.515. The average molecular weight is 268 g/mol. The van der Waals surface area contributed by atoms with Gasteiger partial charge in [0.05, 0.1) is 12.5 Å². The molecule has 0 bridgehead atoms. The molecular weight excluding hydrogens is 248 g/mol. The summed E-state index contributed by atoms with van der Waals surface area (Å²) in [6, 6.07) is 4.33. The fourth-order valence-electron chi connectivity index (χ4n) is 3.18. The Morgan fingerprint density at radius 2 is 2.15 bits per heavy atom. The van der Waals surface area contributed by atoms with E-state index in [1.54, 1.807) is 0 Å². The highest BCUT2D eigenvalue weighted by Crippen LogP contribution is 2.33. The van der Waals surface area contributed by atoms with Crippen LogP contribution in [0.3, 0.4) is 0 Å². The second-order valence-corrected chi connectivity index (χ2v) is 5.72. The van der Waals surface area contributed by atoms with Crippen molar-refractivity contribution in [1.29, 1.82) is 5.26 Å². The summed E-state index contributed by atoms with van der Waals surface area (Å²) in [5, 5.41) is 8.88. The van der Waals surface area contributed by atoms with Gasteiger partial charge in [0.25, 0.3) is 0 Å². The SMILES string of the molecule is Cc1cnc2c(c1)nc(C1CCCCC1)n2CCC#N. The number of pyridine rings is 1. The van der Waals surface area contributed by atoms with E-state index in [4.69, 9.17) is 10.2 Å². The molecule has 0 aromatic carbocycles. The molecule has 1 aliphatic carbocycles. The lowest BCUT2D eigenvalue weighted by Crippen LogP contribution is -2.12. The molecule has 0 atom stereocenters. The molecule has 4 heteroatoms. The number of nitrogens with zero attached hydrogens (tertiary/aromatic N) is 4. The molecule has 0 N–H and O–H groups in total. The van der Waals surface area contributed by atoms with E-state index in [-0.39, 0.29) is 0 Å². The molecule has 2 aromatic heterocycles. The van der Waals surface area contributed by atoms with Gasteiger partial charge < -0.3 is 4.57 Å². The Bertz CT molecular complexity index is 644. The van der Waals surface area contributed by atoms with Crippen molar-refractivity contribution in [1.82, 2.24) is 14.5 Å². The van der Waals surface area contributed by atoms with Gasteiger partial charge in [-0.25, -0.2) is 9.97 Å². The number of nitriles is 1. The molecule has 104 valence electrons. The molecule has 0 saturated heterocycles. The third kappa shape index (κ3) is 2.40. The zero-order chi connectivity index (χ0) is 13.9. The first-order chi connectivity index (χ1) is 9.79. The van der Waals surface area contributed by atoms with E-state index >= 15 is 0 Å².